The number of halogens is 1. The maximum atomic E-state index is 13.5. The molecule has 6 nitrogen and oxygen atoms in total. The smallest absolute Gasteiger partial charge is 0.340 e. The molecule has 2 amide bonds. The van der Waals surface area contributed by atoms with E-state index in [4.69, 9.17) is 9.84 Å². The molecule has 0 spiro atoms. The molecule has 116 valence electrons. The fraction of sp³-hybridized carbons (Fsp3) is 0.429. The van der Waals surface area contributed by atoms with Crippen molar-refractivity contribution in [3.8, 4) is 0 Å². The molecule has 0 bridgehead atoms. The Morgan fingerprint density at radius 3 is 2.67 bits per heavy atom. The third kappa shape index (κ3) is 5.03. The second kappa shape index (κ2) is 7.58. The maximum Gasteiger partial charge on any atom is 0.340 e. The Morgan fingerprint density at radius 2 is 2.10 bits per heavy atom. The van der Waals surface area contributed by atoms with Crippen LogP contribution in [0.4, 0.5) is 14.9 Å². The zero-order valence-corrected chi connectivity index (χ0v) is 12.2. The lowest BCUT2D eigenvalue weighted by molar-refractivity contribution is 0.0685. The van der Waals surface area contributed by atoms with Crippen molar-refractivity contribution in [1.29, 1.82) is 0 Å². The Hall–Kier alpha value is -2.15. The Morgan fingerprint density at radius 1 is 1.43 bits per heavy atom. The average molecular weight is 298 g/mol. The van der Waals surface area contributed by atoms with Crippen LogP contribution in [0.5, 0.6) is 0 Å². The van der Waals surface area contributed by atoms with E-state index >= 15 is 0 Å². The minimum atomic E-state index is -1.44. The molecule has 1 aromatic rings. The van der Waals surface area contributed by atoms with Gasteiger partial charge in [0.2, 0.25) is 0 Å². The highest BCUT2D eigenvalue weighted by Crippen LogP contribution is 2.19. The van der Waals surface area contributed by atoms with Crippen LogP contribution in [0.3, 0.4) is 0 Å². The maximum absolute atomic E-state index is 13.5. The number of carboxylic acid groups (broad SMARTS) is 1. The van der Waals surface area contributed by atoms with E-state index in [1.807, 2.05) is 13.8 Å². The second-order valence-electron chi connectivity index (χ2n) is 4.74. The van der Waals surface area contributed by atoms with Gasteiger partial charge >= 0.3 is 12.0 Å². The predicted molar refractivity (Wildman–Crippen MR) is 76.1 cm³/mol. The zero-order valence-electron chi connectivity index (χ0n) is 12.2. The SMILES string of the molecule is CC(C)OCCN(C)C(=O)Nc1cccc(F)c1C(=O)O. The van der Waals surface area contributed by atoms with Crippen molar-refractivity contribution in [3.05, 3.63) is 29.6 Å². The summed E-state index contributed by atoms with van der Waals surface area (Å²) in [6.45, 7) is 4.45. The van der Waals surface area contributed by atoms with Gasteiger partial charge in [0.25, 0.3) is 0 Å². The molecule has 7 heteroatoms. The number of nitrogens with one attached hydrogen (secondary N) is 1. The number of aromatic carboxylic acids is 1. The van der Waals surface area contributed by atoms with E-state index in [1.165, 1.54) is 17.0 Å². The molecular weight excluding hydrogens is 279 g/mol. The van der Waals surface area contributed by atoms with Crippen molar-refractivity contribution < 1.29 is 23.8 Å². The van der Waals surface area contributed by atoms with Crippen LogP contribution in [0.25, 0.3) is 0 Å². The number of likely N-dealkylation sites (N-methyl/N-ethyl adjacent to an activating group) is 1. The van der Waals surface area contributed by atoms with Gasteiger partial charge in [-0.05, 0) is 26.0 Å². The summed E-state index contributed by atoms with van der Waals surface area (Å²) in [5.74, 6) is -2.33. The fourth-order valence-corrected chi connectivity index (χ4v) is 1.58. The van der Waals surface area contributed by atoms with E-state index in [1.54, 1.807) is 7.05 Å². The number of rotatable bonds is 6. The molecular formula is C14H19FN2O4. The number of anilines is 1. The van der Waals surface area contributed by atoms with Crippen molar-refractivity contribution in [2.45, 2.75) is 20.0 Å². The number of nitrogens with zero attached hydrogens (tertiary/aromatic N) is 1. The highest BCUT2D eigenvalue weighted by Gasteiger charge is 2.18. The van der Waals surface area contributed by atoms with Gasteiger partial charge in [0.1, 0.15) is 11.4 Å². The van der Waals surface area contributed by atoms with Crippen LogP contribution in [-0.2, 0) is 4.74 Å². The number of ether oxygens (including phenoxy) is 1. The Balaban J connectivity index is 2.70. The molecule has 0 aromatic heterocycles. The first kappa shape index (κ1) is 16.9. The molecule has 0 atom stereocenters. The van der Waals surface area contributed by atoms with E-state index in [0.717, 1.165) is 6.07 Å². The standard InChI is InChI=1S/C14H19FN2O4/c1-9(2)21-8-7-17(3)14(20)16-11-6-4-5-10(15)12(11)13(18)19/h4-6,9H,7-8H2,1-3H3,(H,16,20)(H,18,19). The molecule has 1 rings (SSSR count). The van der Waals surface area contributed by atoms with E-state index in [-0.39, 0.29) is 11.8 Å². The molecule has 0 aliphatic rings. The van der Waals surface area contributed by atoms with Crippen LogP contribution in [0.2, 0.25) is 0 Å². The fourth-order valence-electron chi connectivity index (χ4n) is 1.58. The van der Waals surface area contributed by atoms with Gasteiger partial charge in [0.15, 0.2) is 0 Å². The van der Waals surface area contributed by atoms with Crippen molar-refractivity contribution in [2.24, 2.45) is 0 Å². The number of amides is 2. The quantitative estimate of drug-likeness (QED) is 0.845. The normalized spacial score (nSPS) is 10.5. The number of hydrogen-bond donors (Lipinski definition) is 2. The summed E-state index contributed by atoms with van der Waals surface area (Å²) < 4.78 is 18.8. The summed E-state index contributed by atoms with van der Waals surface area (Å²) in [6.07, 6.45) is 0.0586. The third-order valence-corrected chi connectivity index (χ3v) is 2.69. The predicted octanol–water partition coefficient (Wildman–Crippen LogP) is 2.41. The largest absolute Gasteiger partial charge is 0.478 e. The molecule has 0 saturated heterocycles. The van der Waals surface area contributed by atoms with Gasteiger partial charge < -0.3 is 20.1 Å². The number of carbonyl (C=O) groups is 2. The lowest BCUT2D eigenvalue weighted by Crippen LogP contribution is -2.34. The monoisotopic (exact) mass is 298 g/mol. The third-order valence-electron chi connectivity index (χ3n) is 2.69. The zero-order chi connectivity index (χ0) is 16.0. The highest BCUT2D eigenvalue weighted by molar-refractivity contribution is 6.00. The first-order valence-corrected chi connectivity index (χ1v) is 6.48. The number of hydrogen-bond acceptors (Lipinski definition) is 3. The van der Waals surface area contributed by atoms with E-state index < -0.39 is 23.4 Å². The Kier molecular flexibility index (Phi) is 6.10. The van der Waals surface area contributed by atoms with Crippen molar-refractivity contribution in [3.63, 3.8) is 0 Å². The molecule has 0 fully saturated rings. The van der Waals surface area contributed by atoms with Crippen LogP contribution < -0.4 is 5.32 Å². The summed E-state index contributed by atoms with van der Waals surface area (Å²) in [4.78, 5) is 24.3. The molecule has 0 unspecified atom stereocenters. The minimum Gasteiger partial charge on any atom is -0.478 e. The molecule has 2 N–H and O–H groups in total. The van der Waals surface area contributed by atoms with Crippen molar-refractivity contribution in [1.82, 2.24) is 4.90 Å². The summed E-state index contributed by atoms with van der Waals surface area (Å²) in [7, 11) is 1.54. The molecule has 0 saturated carbocycles. The van der Waals surface area contributed by atoms with Gasteiger partial charge in [0.05, 0.1) is 18.4 Å². The summed E-state index contributed by atoms with van der Waals surface area (Å²) in [5, 5.41) is 11.4. The molecule has 0 heterocycles. The highest BCUT2D eigenvalue weighted by atomic mass is 19.1. The van der Waals surface area contributed by atoms with Gasteiger partial charge in [-0.25, -0.2) is 14.0 Å². The first-order valence-electron chi connectivity index (χ1n) is 6.48. The summed E-state index contributed by atoms with van der Waals surface area (Å²) >= 11 is 0. The van der Waals surface area contributed by atoms with Crippen molar-refractivity contribution in [2.75, 3.05) is 25.5 Å². The lowest BCUT2D eigenvalue weighted by Gasteiger charge is -2.19. The molecule has 0 aliphatic carbocycles. The van der Waals surface area contributed by atoms with E-state index in [0.29, 0.717) is 13.2 Å². The molecule has 0 radical (unpaired) electrons. The number of urea groups is 1. The molecule has 0 aliphatic heterocycles. The topological polar surface area (TPSA) is 78.9 Å². The van der Waals surface area contributed by atoms with Gasteiger partial charge in [-0.3, -0.25) is 0 Å². The van der Waals surface area contributed by atoms with Crippen LogP contribution in [-0.4, -0.2) is 48.3 Å². The van der Waals surface area contributed by atoms with Gasteiger partial charge in [-0.2, -0.15) is 0 Å². The number of carbonyl (C=O) groups excluding carboxylic acids is 1. The van der Waals surface area contributed by atoms with Gasteiger partial charge in [0, 0.05) is 13.6 Å². The Labute approximate surface area is 122 Å². The minimum absolute atomic E-state index is 0.0586. The summed E-state index contributed by atoms with van der Waals surface area (Å²) in [5.41, 5.74) is -0.637. The Bertz CT molecular complexity index is 520. The number of benzene rings is 1. The first-order chi connectivity index (χ1) is 9.82. The number of carboxylic acids is 1. The van der Waals surface area contributed by atoms with Crippen LogP contribution in [0, 0.1) is 5.82 Å². The van der Waals surface area contributed by atoms with Crippen LogP contribution in [0.1, 0.15) is 24.2 Å². The second-order valence-corrected chi connectivity index (χ2v) is 4.74. The molecule has 21 heavy (non-hydrogen) atoms. The van der Waals surface area contributed by atoms with E-state index in [2.05, 4.69) is 5.32 Å². The average Bonchev–Trinajstić information content (AvgIpc) is 2.37. The van der Waals surface area contributed by atoms with Crippen LogP contribution in [0.15, 0.2) is 18.2 Å². The molecule has 1 aromatic carbocycles. The van der Waals surface area contributed by atoms with E-state index in [9.17, 15) is 14.0 Å². The van der Waals surface area contributed by atoms with Crippen molar-refractivity contribution >= 4 is 17.7 Å². The lowest BCUT2D eigenvalue weighted by atomic mass is 10.1. The van der Waals surface area contributed by atoms with Gasteiger partial charge in [-0.1, -0.05) is 6.07 Å². The summed E-state index contributed by atoms with van der Waals surface area (Å²) in [6, 6.07) is 3.16. The van der Waals surface area contributed by atoms with Gasteiger partial charge in [-0.15, -0.1) is 0 Å². The van der Waals surface area contributed by atoms with Crippen LogP contribution >= 0.6 is 0 Å².